The van der Waals surface area contributed by atoms with E-state index >= 15 is 0 Å². The first kappa shape index (κ1) is 33.3. The zero-order valence-electron chi connectivity index (χ0n) is 28.7. The molecule has 3 aliphatic rings. The summed E-state index contributed by atoms with van der Waals surface area (Å²) >= 11 is 0. The van der Waals surface area contributed by atoms with Crippen LogP contribution in [0.1, 0.15) is 152 Å². The molecular formula is C37H55N3O3. The van der Waals surface area contributed by atoms with Crippen molar-refractivity contribution >= 4 is 11.6 Å². The van der Waals surface area contributed by atoms with E-state index in [1.54, 1.807) is 6.92 Å². The fourth-order valence-corrected chi connectivity index (χ4v) is 9.01. The lowest BCUT2D eigenvalue weighted by atomic mass is 9.41. The van der Waals surface area contributed by atoms with Gasteiger partial charge in [0.2, 0.25) is 11.8 Å². The van der Waals surface area contributed by atoms with Gasteiger partial charge in [0, 0.05) is 22.2 Å². The van der Waals surface area contributed by atoms with Gasteiger partial charge in [-0.15, -0.1) is 10.2 Å². The molecule has 0 aromatic carbocycles. The van der Waals surface area contributed by atoms with E-state index in [1.807, 2.05) is 26.0 Å². The number of carbonyl (C=O) groups is 2. The summed E-state index contributed by atoms with van der Waals surface area (Å²) in [4.78, 5) is 26.4. The molecule has 0 aliphatic heterocycles. The lowest BCUT2D eigenvalue weighted by Gasteiger charge is -2.62. The Bertz CT molecular complexity index is 1370. The molecule has 3 aliphatic carbocycles. The summed E-state index contributed by atoms with van der Waals surface area (Å²) in [5.74, 6) is 1.57. The molecule has 2 saturated carbocycles. The molecule has 236 valence electrons. The summed E-state index contributed by atoms with van der Waals surface area (Å²) in [7, 11) is 0. The second kappa shape index (κ2) is 11.1. The molecule has 6 heteroatoms. The van der Waals surface area contributed by atoms with Crippen molar-refractivity contribution < 1.29 is 14.0 Å². The number of nitrogens with zero attached hydrogens (tertiary/aromatic N) is 3. The Kier molecular flexibility index (Phi) is 8.62. The molecule has 5 atom stereocenters. The number of hydrogen-bond donors (Lipinski definition) is 0. The van der Waals surface area contributed by atoms with Gasteiger partial charge < -0.3 is 4.42 Å². The van der Waals surface area contributed by atoms with Gasteiger partial charge in [0.1, 0.15) is 6.07 Å². The predicted molar refractivity (Wildman–Crippen MR) is 170 cm³/mol. The Morgan fingerprint density at radius 2 is 1.63 bits per heavy atom. The first-order valence-corrected chi connectivity index (χ1v) is 16.5. The molecule has 0 amide bonds. The van der Waals surface area contributed by atoms with Crippen LogP contribution in [-0.2, 0) is 15.0 Å². The molecule has 1 aromatic rings. The number of nitriles is 1. The number of hydrogen-bond acceptors (Lipinski definition) is 6. The van der Waals surface area contributed by atoms with Gasteiger partial charge in [0.05, 0.1) is 5.57 Å². The van der Waals surface area contributed by atoms with Gasteiger partial charge in [0.15, 0.2) is 11.6 Å². The lowest BCUT2D eigenvalue weighted by molar-refractivity contribution is -0.131. The van der Waals surface area contributed by atoms with Crippen LogP contribution < -0.4 is 0 Å². The maximum absolute atomic E-state index is 13.4. The molecule has 0 spiro atoms. The van der Waals surface area contributed by atoms with Gasteiger partial charge in [-0.25, -0.2) is 0 Å². The number of allylic oxidation sites excluding steroid dienone is 4. The number of Topliss-reactive ketones (excluding diaryl/α,β-unsaturated/α-hetero) is 1. The van der Waals surface area contributed by atoms with Gasteiger partial charge in [0.25, 0.3) is 0 Å². The van der Waals surface area contributed by atoms with Crippen LogP contribution in [0.5, 0.6) is 0 Å². The van der Waals surface area contributed by atoms with Gasteiger partial charge in [-0.3, -0.25) is 9.59 Å². The first-order valence-electron chi connectivity index (χ1n) is 16.5. The summed E-state index contributed by atoms with van der Waals surface area (Å²) in [6.07, 6.45) is 12.8. The van der Waals surface area contributed by atoms with Crippen molar-refractivity contribution in [1.29, 1.82) is 5.26 Å². The van der Waals surface area contributed by atoms with Crippen LogP contribution in [0, 0.1) is 44.3 Å². The van der Waals surface area contributed by atoms with E-state index in [0.717, 1.165) is 69.3 Å². The SMILES string of the molecule is CC(=O)/C=C1/[C@@]2(C)C=C(C#N)C(=O)C(C)(C)[C@@H]2CC[C@@]1(C)[C@@]1(C)CCCC(C)(C)CC[C@](C)(c2nnc(C(C)C)o2)CC1. The highest BCUT2D eigenvalue weighted by molar-refractivity contribution is 6.04. The van der Waals surface area contributed by atoms with E-state index < -0.39 is 10.8 Å². The van der Waals surface area contributed by atoms with Crippen LogP contribution in [0.25, 0.3) is 0 Å². The zero-order chi connectivity index (χ0) is 32.2. The second-order valence-corrected chi connectivity index (χ2v) is 16.8. The third-order valence-corrected chi connectivity index (χ3v) is 12.4. The maximum Gasteiger partial charge on any atom is 0.222 e. The molecule has 0 radical (unpaired) electrons. The van der Waals surface area contributed by atoms with Crippen LogP contribution >= 0.6 is 0 Å². The largest absolute Gasteiger partial charge is 0.424 e. The Labute approximate surface area is 260 Å². The number of ketones is 2. The van der Waals surface area contributed by atoms with Crippen LogP contribution in [0.2, 0.25) is 0 Å². The number of aromatic nitrogens is 2. The van der Waals surface area contributed by atoms with Crippen LogP contribution in [0.15, 0.2) is 27.7 Å². The standard InChI is InChI=1S/C37H55N3O3/c1-24(2)30-39-40-31(43-30)34(8)18-17-32(4,5)14-12-15-35(9,20-19-34)37(11)16-13-27-33(6,7)29(42)26(23-38)22-36(27,10)28(37)21-25(3)41/h21-22,24,27H,12-20H2,1-11H3/b28-21-/t27-,34-,35-,36-,37+/m0/s1. The summed E-state index contributed by atoms with van der Waals surface area (Å²) < 4.78 is 6.33. The van der Waals surface area contributed by atoms with Crippen molar-refractivity contribution in [2.45, 2.75) is 145 Å². The molecule has 43 heavy (non-hydrogen) atoms. The Morgan fingerprint density at radius 1 is 0.977 bits per heavy atom. The molecule has 2 fully saturated rings. The van der Waals surface area contributed by atoms with Crippen molar-refractivity contribution in [3.05, 3.63) is 35.1 Å². The second-order valence-electron chi connectivity index (χ2n) is 16.8. The predicted octanol–water partition coefficient (Wildman–Crippen LogP) is 9.22. The lowest BCUT2D eigenvalue weighted by Crippen LogP contribution is -2.56. The van der Waals surface area contributed by atoms with E-state index in [2.05, 4.69) is 71.7 Å². The minimum atomic E-state index is -0.683. The molecular weight excluding hydrogens is 534 g/mol. The van der Waals surface area contributed by atoms with E-state index in [1.165, 1.54) is 0 Å². The van der Waals surface area contributed by atoms with Crippen molar-refractivity contribution in [2.75, 3.05) is 0 Å². The summed E-state index contributed by atoms with van der Waals surface area (Å²) in [6.45, 7) is 23.8. The number of carbonyl (C=O) groups excluding carboxylic acids is 2. The zero-order valence-corrected chi connectivity index (χ0v) is 28.7. The average molecular weight is 590 g/mol. The van der Waals surface area contributed by atoms with Gasteiger partial charge in [-0.1, -0.05) is 87.3 Å². The summed E-state index contributed by atoms with van der Waals surface area (Å²) in [5, 5.41) is 19.0. The third-order valence-electron chi connectivity index (χ3n) is 12.4. The van der Waals surface area contributed by atoms with E-state index in [0.29, 0.717) is 5.89 Å². The fraction of sp³-hybridized carbons (Fsp3) is 0.757. The molecule has 0 N–H and O–H groups in total. The van der Waals surface area contributed by atoms with E-state index in [4.69, 9.17) is 4.42 Å². The Morgan fingerprint density at radius 3 is 2.21 bits per heavy atom. The smallest absolute Gasteiger partial charge is 0.222 e. The third kappa shape index (κ3) is 5.71. The highest BCUT2D eigenvalue weighted by atomic mass is 16.4. The van der Waals surface area contributed by atoms with Crippen molar-refractivity contribution in [1.82, 2.24) is 10.2 Å². The minimum absolute atomic E-state index is 0.0171. The molecule has 6 nitrogen and oxygen atoms in total. The molecule has 0 bridgehead atoms. The van der Waals surface area contributed by atoms with Crippen LogP contribution in [0.3, 0.4) is 0 Å². The Balaban J connectivity index is 1.86. The highest BCUT2D eigenvalue weighted by Crippen LogP contribution is 2.68. The average Bonchev–Trinajstić information content (AvgIpc) is 3.42. The van der Waals surface area contributed by atoms with Crippen LogP contribution in [-0.4, -0.2) is 21.8 Å². The Hall–Kier alpha value is -2.55. The monoisotopic (exact) mass is 589 g/mol. The first-order chi connectivity index (χ1) is 19.7. The van der Waals surface area contributed by atoms with Gasteiger partial charge in [-0.2, -0.15) is 5.26 Å². The summed E-state index contributed by atoms with van der Waals surface area (Å²) in [5.41, 5.74) is -0.448. The molecule has 0 saturated heterocycles. The van der Waals surface area contributed by atoms with Crippen molar-refractivity contribution in [3.63, 3.8) is 0 Å². The topological polar surface area (TPSA) is 96.8 Å². The van der Waals surface area contributed by atoms with E-state index in [9.17, 15) is 14.9 Å². The van der Waals surface area contributed by atoms with Crippen molar-refractivity contribution in [2.24, 2.45) is 33.0 Å². The van der Waals surface area contributed by atoms with Gasteiger partial charge >= 0.3 is 0 Å². The minimum Gasteiger partial charge on any atom is -0.424 e. The highest BCUT2D eigenvalue weighted by Gasteiger charge is 2.62. The number of rotatable bonds is 4. The summed E-state index contributed by atoms with van der Waals surface area (Å²) in [6, 6.07) is 2.22. The molecule has 4 rings (SSSR count). The normalized spacial score (nSPS) is 37.4. The maximum atomic E-state index is 13.4. The van der Waals surface area contributed by atoms with E-state index in [-0.39, 0.29) is 50.6 Å². The fourth-order valence-electron chi connectivity index (χ4n) is 9.01. The molecule has 1 aromatic heterocycles. The van der Waals surface area contributed by atoms with Gasteiger partial charge in [-0.05, 0) is 86.5 Å². The molecule has 0 unspecified atom stereocenters. The van der Waals surface area contributed by atoms with Crippen LogP contribution in [0.4, 0.5) is 0 Å². The molecule has 1 heterocycles. The quantitative estimate of drug-likeness (QED) is 0.325. The van der Waals surface area contributed by atoms with Crippen molar-refractivity contribution in [3.8, 4) is 6.07 Å². The number of fused-ring (bicyclic) bond motifs is 1.